The number of nitrogens with one attached hydrogen (secondary N) is 1. The standard InChI is InChI=1S/C21H21ClN4O3S/c22-17-3-1-2-4-19(17)30(28,29)16-11-18(20(27)25-21(14-23)7-8-21)26(13-16)12-15-5-9-24-10-6-15/h1-6,9-10,16,18H,7-8,11-13H2,(H,25,27)/t16-,18+/m1/s1. The van der Waals surface area contributed by atoms with Crippen LogP contribution in [0, 0.1) is 11.3 Å². The number of rotatable bonds is 6. The van der Waals surface area contributed by atoms with Gasteiger partial charge in [0.15, 0.2) is 9.84 Å². The molecule has 7 nitrogen and oxygen atoms in total. The Hall–Kier alpha value is -2.47. The number of nitriles is 1. The number of likely N-dealkylation sites (tertiary alicyclic amines) is 1. The Labute approximate surface area is 180 Å². The predicted octanol–water partition coefficient (Wildman–Crippen LogP) is 2.32. The molecule has 1 saturated carbocycles. The van der Waals surface area contributed by atoms with Gasteiger partial charge in [0.05, 0.1) is 27.3 Å². The lowest BCUT2D eigenvalue weighted by Crippen LogP contribution is -2.47. The molecule has 1 N–H and O–H groups in total. The fraction of sp³-hybridized carbons (Fsp3) is 0.381. The fourth-order valence-electron chi connectivity index (χ4n) is 3.82. The number of sulfone groups is 1. The maximum Gasteiger partial charge on any atom is 0.238 e. The van der Waals surface area contributed by atoms with Gasteiger partial charge in [-0.1, -0.05) is 23.7 Å². The predicted molar refractivity (Wildman–Crippen MR) is 111 cm³/mol. The zero-order valence-corrected chi connectivity index (χ0v) is 17.7. The van der Waals surface area contributed by atoms with E-state index in [0.29, 0.717) is 19.4 Å². The van der Waals surface area contributed by atoms with E-state index in [1.165, 1.54) is 6.07 Å². The second kappa shape index (κ2) is 7.99. The number of carbonyl (C=O) groups excluding carboxylic acids is 1. The highest BCUT2D eigenvalue weighted by molar-refractivity contribution is 7.92. The summed E-state index contributed by atoms with van der Waals surface area (Å²) < 4.78 is 26.5. The van der Waals surface area contributed by atoms with Gasteiger partial charge in [-0.15, -0.1) is 0 Å². The number of benzene rings is 1. The van der Waals surface area contributed by atoms with Gasteiger partial charge in [0.25, 0.3) is 0 Å². The first-order valence-electron chi connectivity index (χ1n) is 9.69. The molecule has 1 aromatic heterocycles. The molecule has 0 radical (unpaired) electrons. The van der Waals surface area contributed by atoms with Crippen molar-refractivity contribution in [2.24, 2.45) is 0 Å². The third-order valence-corrected chi connectivity index (χ3v) is 8.34. The Kier molecular flexibility index (Phi) is 5.53. The van der Waals surface area contributed by atoms with Gasteiger partial charge in [-0.2, -0.15) is 5.26 Å². The first kappa shape index (κ1) is 20.8. The van der Waals surface area contributed by atoms with E-state index >= 15 is 0 Å². The van der Waals surface area contributed by atoms with Crippen LogP contribution in [0.15, 0.2) is 53.7 Å². The number of aromatic nitrogens is 1. The third kappa shape index (κ3) is 4.06. The van der Waals surface area contributed by atoms with Crippen molar-refractivity contribution >= 4 is 27.3 Å². The maximum absolute atomic E-state index is 13.3. The zero-order valence-electron chi connectivity index (χ0n) is 16.2. The Morgan fingerprint density at radius 1 is 1.27 bits per heavy atom. The van der Waals surface area contributed by atoms with Crippen LogP contribution in [0.25, 0.3) is 0 Å². The molecule has 2 heterocycles. The van der Waals surface area contributed by atoms with Gasteiger partial charge < -0.3 is 5.32 Å². The molecule has 0 unspecified atom stereocenters. The van der Waals surface area contributed by atoms with Crippen molar-refractivity contribution in [1.29, 1.82) is 5.26 Å². The number of pyridine rings is 1. The molecule has 30 heavy (non-hydrogen) atoms. The van der Waals surface area contributed by atoms with Crippen LogP contribution < -0.4 is 5.32 Å². The molecular formula is C21H21ClN4O3S. The number of hydrogen-bond acceptors (Lipinski definition) is 6. The summed E-state index contributed by atoms with van der Waals surface area (Å²) in [5, 5.41) is 11.5. The zero-order chi connectivity index (χ0) is 21.4. The van der Waals surface area contributed by atoms with Crippen LogP contribution in [-0.4, -0.2) is 47.6 Å². The van der Waals surface area contributed by atoms with Crippen LogP contribution >= 0.6 is 11.6 Å². The average molecular weight is 445 g/mol. The number of amides is 1. The lowest BCUT2D eigenvalue weighted by Gasteiger charge is -2.24. The summed E-state index contributed by atoms with van der Waals surface area (Å²) in [7, 11) is -3.73. The summed E-state index contributed by atoms with van der Waals surface area (Å²) in [6.07, 6.45) is 4.70. The summed E-state index contributed by atoms with van der Waals surface area (Å²) in [5.74, 6) is -0.306. The van der Waals surface area contributed by atoms with Gasteiger partial charge in [-0.3, -0.25) is 14.7 Å². The third-order valence-electron chi connectivity index (χ3n) is 5.71. The molecule has 2 fully saturated rings. The molecule has 2 aliphatic rings. The van der Waals surface area contributed by atoms with Crippen LogP contribution in [0.2, 0.25) is 5.02 Å². The molecule has 0 bridgehead atoms. The van der Waals surface area contributed by atoms with Crippen molar-refractivity contribution in [3.8, 4) is 6.07 Å². The summed E-state index contributed by atoms with van der Waals surface area (Å²) >= 11 is 6.15. The van der Waals surface area contributed by atoms with Crippen LogP contribution in [0.5, 0.6) is 0 Å². The molecule has 1 aromatic carbocycles. The molecule has 0 spiro atoms. The van der Waals surface area contributed by atoms with Crippen molar-refractivity contribution in [2.75, 3.05) is 6.54 Å². The summed E-state index contributed by atoms with van der Waals surface area (Å²) in [4.78, 5) is 18.9. The Bertz CT molecular complexity index is 1100. The second-order valence-electron chi connectivity index (χ2n) is 7.82. The first-order chi connectivity index (χ1) is 14.3. The van der Waals surface area contributed by atoms with Crippen LogP contribution in [0.4, 0.5) is 0 Å². The lowest BCUT2D eigenvalue weighted by atomic mass is 10.1. The van der Waals surface area contributed by atoms with E-state index in [1.54, 1.807) is 30.6 Å². The van der Waals surface area contributed by atoms with E-state index in [9.17, 15) is 18.5 Å². The van der Waals surface area contributed by atoms with E-state index in [2.05, 4.69) is 16.4 Å². The molecular weight excluding hydrogens is 424 g/mol. The van der Waals surface area contributed by atoms with Crippen molar-refractivity contribution < 1.29 is 13.2 Å². The molecule has 2 atom stereocenters. The number of nitrogens with zero attached hydrogens (tertiary/aromatic N) is 3. The van der Waals surface area contributed by atoms with Gasteiger partial charge in [0.1, 0.15) is 5.54 Å². The minimum Gasteiger partial charge on any atom is -0.336 e. The van der Waals surface area contributed by atoms with Gasteiger partial charge in [-0.25, -0.2) is 8.42 Å². The highest BCUT2D eigenvalue weighted by atomic mass is 35.5. The van der Waals surface area contributed by atoms with Crippen molar-refractivity contribution in [2.45, 2.75) is 47.5 Å². The Balaban J connectivity index is 1.61. The Morgan fingerprint density at radius 2 is 1.97 bits per heavy atom. The van der Waals surface area contributed by atoms with E-state index in [1.807, 2.05) is 17.0 Å². The number of halogens is 1. The van der Waals surface area contributed by atoms with E-state index in [0.717, 1.165) is 5.56 Å². The minimum absolute atomic E-state index is 0.0808. The second-order valence-corrected chi connectivity index (χ2v) is 10.4. The topological polar surface area (TPSA) is 103 Å². The Morgan fingerprint density at radius 3 is 2.60 bits per heavy atom. The molecule has 1 amide bonds. The van der Waals surface area contributed by atoms with Crippen LogP contribution in [-0.2, 0) is 21.2 Å². The average Bonchev–Trinajstić information content (AvgIpc) is 3.37. The van der Waals surface area contributed by atoms with Gasteiger partial charge in [0, 0.05) is 25.5 Å². The SMILES string of the molecule is N#CC1(NC(=O)[C@@H]2C[C@@H](S(=O)(=O)c3ccccc3Cl)CN2Cc2ccncc2)CC1. The molecule has 4 rings (SSSR count). The normalized spacial score (nSPS) is 22.9. The van der Waals surface area contributed by atoms with Crippen LogP contribution in [0.1, 0.15) is 24.8 Å². The lowest BCUT2D eigenvalue weighted by molar-refractivity contribution is -0.126. The number of hydrogen-bond donors (Lipinski definition) is 1. The van der Waals surface area contributed by atoms with Gasteiger partial charge in [-0.05, 0) is 49.1 Å². The summed E-state index contributed by atoms with van der Waals surface area (Å²) in [6.45, 7) is 0.613. The molecule has 1 aliphatic carbocycles. The smallest absolute Gasteiger partial charge is 0.238 e. The molecule has 2 aromatic rings. The van der Waals surface area contributed by atoms with Gasteiger partial charge >= 0.3 is 0 Å². The highest BCUT2D eigenvalue weighted by Crippen LogP contribution is 2.36. The number of carbonyl (C=O) groups is 1. The molecule has 9 heteroatoms. The monoisotopic (exact) mass is 444 g/mol. The fourth-order valence-corrected chi connectivity index (χ4v) is 6.07. The molecule has 156 valence electrons. The van der Waals surface area contributed by atoms with Crippen molar-refractivity contribution in [1.82, 2.24) is 15.2 Å². The first-order valence-corrected chi connectivity index (χ1v) is 11.6. The van der Waals surface area contributed by atoms with Gasteiger partial charge in [0.2, 0.25) is 5.91 Å². The van der Waals surface area contributed by atoms with E-state index in [-0.39, 0.29) is 28.8 Å². The van der Waals surface area contributed by atoms with Crippen molar-refractivity contribution in [3.05, 3.63) is 59.4 Å². The summed E-state index contributed by atoms with van der Waals surface area (Å²) in [5.41, 5.74) is 0.124. The summed E-state index contributed by atoms with van der Waals surface area (Å²) in [6, 6.07) is 11.5. The molecule has 1 aliphatic heterocycles. The maximum atomic E-state index is 13.3. The molecule has 1 saturated heterocycles. The van der Waals surface area contributed by atoms with E-state index < -0.39 is 26.7 Å². The van der Waals surface area contributed by atoms with Crippen molar-refractivity contribution in [3.63, 3.8) is 0 Å². The van der Waals surface area contributed by atoms with Crippen LogP contribution in [0.3, 0.4) is 0 Å². The highest BCUT2D eigenvalue weighted by Gasteiger charge is 2.49. The minimum atomic E-state index is -3.73. The van der Waals surface area contributed by atoms with E-state index in [4.69, 9.17) is 11.6 Å². The quantitative estimate of drug-likeness (QED) is 0.733. The largest absolute Gasteiger partial charge is 0.336 e.